The summed E-state index contributed by atoms with van der Waals surface area (Å²) < 4.78 is 0. The van der Waals surface area contributed by atoms with Crippen LogP contribution in [0.5, 0.6) is 0 Å². The Morgan fingerprint density at radius 1 is 1.15 bits per heavy atom. The van der Waals surface area contributed by atoms with Crippen LogP contribution >= 0.6 is 21.6 Å². The molecular weight excluding hydrogens is 196 g/mol. The average Bonchev–Trinajstić information content (AvgIpc) is 2.17. The van der Waals surface area contributed by atoms with Crippen molar-refractivity contribution in [2.75, 3.05) is 0 Å². The lowest BCUT2D eigenvalue weighted by Crippen LogP contribution is -2.00. The molecule has 0 aromatic carbocycles. The van der Waals surface area contributed by atoms with Gasteiger partial charge in [-0.15, -0.1) is 0 Å². The zero-order valence-electron chi connectivity index (χ0n) is 8.30. The maximum atomic E-state index is 2.44. The maximum absolute atomic E-state index is 2.44. The summed E-state index contributed by atoms with van der Waals surface area (Å²) in [6, 6.07) is 0. The summed E-state index contributed by atoms with van der Waals surface area (Å²) >= 11 is 0. The maximum Gasteiger partial charge on any atom is -0.000631 e. The zero-order chi connectivity index (χ0) is 9.26. The summed E-state index contributed by atoms with van der Waals surface area (Å²) in [5.41, 5.74) is 1.64. The van der Waals surface area contributed by atoms with Crippen molar-refractivity contribution < 1.29 is 0 Å². The Kier molecular flexibility index (Phi) is 3.10. The van der Waals surface area contributed by atoms with Crippen LogP contribution < -0.4 is 0 Å². The molecule has 1 aliphatic carbocycles. The molecule has 0 saturated heterocycles. The van der Waals surface area contributed by atoms with Gasteiger partial charge in [0.15, 0.2) is 0 Å². The largest absolute Gasteiger partial charge is 0.0581 e. The quantitative estimate of drug-likeness (QED) is 0.575. The van der Waals surface area contributed by atoms with Gasteiger partial charge in [-0.2, -0.15) is 0 Å². The third-order valence-corrected chi connectivity index (χ3v) is 5.55. The Morgan fingerprint density at radius 2 is 1.92 bits per heavy atom. The van der Waals surface area contributed by atoms with E-state index >= 15 is 0 Å². The molecule has 13 heavy (non-hydrogen) atoms. The Hall–Kier alpha value is 0.180. The molecule has 1 aliphatic heterocycles. The molecule has 0 spiro atoms. The van der Waals surface area contributed by atoms with Crippen molar-refractivity contribution in [1.82, 2.24) is 0 Å². The van der Waals surface area contributed by atoms with E-state index in [4.69, 9.17) is 0 Å². The van der Waals surface area contributed by atoms with Gasteiger partial charge in [0.25, 0.3) is 0 Å². The molecule has 0 aromatic rings. The molecule has 0 unspecified atom stereocenters. The molecule has 0 amide bonds. The lowest BCUT2D eigenvalue weighted by atomic mass is 9.98. The molecule has 2 rings (SSSR count). The van der Waals surface area contributed by atoms with E-state index in [-0.39, 0.29) is 0 Å². The highest BCUT2D eigenvalue weighted by Gasteiger charge is 2.19. The fraction of sp³-hybridized carbons (Fsp3) is 0.636. The fourth-order valence-corrected chi connectivity index (χ4v) is 4.66. The van der Waals surface area contributed by atoms with Gasteiger partial charge in [-0.1, -0.05) is 35.4 Å². The molecule has 0 nitrogen and oxygen atoms in total. The van der Waals surface area contributed by atoms with Crippen molar-refractivity contribution in [1.29, 1.82) is 0 Å². The van der Waals surface area contributed by atoms with E-state index in [1.165, 1.54) is 25.7 Å². The molecule has 72 valence electrons. The van der Waals surface area contributed by atoms with Crippen molar-refractivity contribution >= 4 is 21.6 Å². The Labute approximate surface area is 88.6 Å². The predicted octanol–water partition coefficient (Wildman–Crippen LogP) is 4.75. The summed E-state index contributed by atoms with van der Waals surface area (Å²) in [5, 5.41) is 0. The number of hydrogen-bond donors (Lipinski definition) is 0. The Bertz CT molecular complexity index is 261. The minimum absolute atomic E-state index is 0.702. The topological polar surface area (TPSA) is 0 Å². The number of hydrogen-bond acceptors (Lipinski definition) is 2. The van der Waals surface area contributed by atoms with Crippen LogP contribution in [0.4, 0.5) is 0 Å². The molecule has 0 aromatic heterocycles. The summed E-state index contributed by atoms with van der Waals surface area (Å²) in [6.45, 7) is 4.57. The molecule has 0 N–H and O–H groups in total. The van der Waals surface area contributed by atoms with Crippen molar-refractivity contribution in [3.05, 3.63) is 21.5 Å². The monoisotopic (exact) mass is 212 g/mol. The normalized spacial score (nSPS) is 23.2. The third-order valence-electron chi connectivity index (χ3n) is 2.58. The van der Waals surface area contributed by atoms with Crippen LogP contribution in [0.15, 0.2) is 21.5 Å². The van der Waals surface area contributed by atoms with Crippen LogP contribution in [0.25, 0.3) is 0 Å². The van der Waals surface area contributed by atoms with Gasteiger partial charge in [-0.3, -0.25) is 0 Å². The first-order chi connectivity index (χ1) is 6.27. The molecule has 2 aliphatic rings. The van der Waals surface area contributed by atoms with Crippen molar-refractivity contribution in [2.24, 2.45) is 5.92 Å². The summed E-state index contributed by atoms with van der Waals surface area (Å²) in [6.07, 6.45) is 7.89. The van der Waals surface area contributed by atoms with Gasteiger partial charge < -0.3 is 0 Å². The van der Waals surface area contributed by atoms with E-state index in [0.717, 1.165) is 0 Å². The average molecular weight is 212 g/mol. The van der Waals surface area contributed by atoms with E-state index in [1.54, 1.807) is 15.4 Å². The van der Waals surface area contributed by atoms with E-state index in [2.05, 4.69) is 19.9 Å². The number of allylic oxidation sites excluding steroid dienone is 4. The Morgan fingerprint density at radius 3 is 2.69 bits per heavy atom. The smallest absolute Gasteiger partial charge is 0.000631 e. The van der Waals surface area contributed by atoms with Gasteiger partial charge in [-0.25, -0.2) is 0 Å². The molecule has 0 bridgehead atoms. The van der Waals surface area contributed by atoms with E-state index in [0.29, 0.717) is 5.92 Å². The highest BCUT2D eigenvalue weighted by molar-refractivity contribution is 8.79. The standard InChI is InChI=1S/C11H16S2/c1-8(2)11-7-9-5-3-4-6-10(9)12-13-11/h7-8H,3-6H2,1-2H3. The predicted molar refractivity (Wildman–Crippen MR) is 63.6 cm³/mol. The van der Waals surface area contributed by atoms with E-state index in [1.807, 2.05) is 21.6 Å². The highest BCUT2D eigenvalue weighted by Crippen LogP contribution is 2.49. The van der Waals surface area contributed by atoms with Gasteiger partial charge in [0.05, 0.1) is 0 Å². The van der Waals surface area contributed by atoms with Gasteiger partial charge in [0.2, 0.25) is 0 Å². The van der Waals surface area contributed by atoms with Gasteiger partial charge in [0, 0.05) is 0 Å². The van der Waals surface area contributed by atoms with Crippen LogP contribution in [0, 0.1) is 5.92 Å². The van der Waals surface area contributed by atoms with Crippen LogP contribution in [0.1, 0.15) is 39.5 Å². The first kappa shape index (κ1) is 9.72. The molecule has 0 radical (unpaired) electrons. The van der Waals surface area contributed by atoms with Crippen molar-refractivity contribution in [2.45, 2.75) is 39.5 Å². The number of rotatable bonds is 1. The second-order valence-corrected chi connectivity index (χ2v) is 6.32. The van der Waals surface area contributed by atoms with Crippen LogP contribution in [0.3, 0.4) is 0 Å². The minimum atomic E-state index is 0.702. The third kappa shape index (κ3) is 2.16. The van der Waals surface area contributed by atoms with E-state index < -0.39 is 0 Å². The van der Waals surface area contributed by atoms with Crippen LogP contribution in [0.2, 0.25) is 0 Å². The Balaban J connectivity index is 2.20. The molecule has 0 fully saturated rings. The molecule has 2 heteroatoms. The van der Waals surface area contributed by atoms with Crippen molar-refractivity contribution in [3.63, 3.8) is 0 Å². The highest BCUT2D eigenvalue weighted by atomic mass is 33.1. The SMILES string of the molecule is CC(C)C1=CC2=C(CCCC2)SS1. The zero-order valence-corrected chi connectivity index (χ0v) is 9.93. The van der Waals surface area contributed by atoms with Gasteiger partial charge in [0.1, 0.15) is 0 Å². The van der Waals surface area contributed by atoms with E-state index in [9.17, 15) is 0 Å². The second kappa shape index (κ2) is 4.14. The minimum Gasteiger partial charge on any atom is -0.0581 e. The molecular formula is C11H16S2. The lowest BCUT2D eigenvalue weighted by molar-refractivity contribution is 0.702. The first-order valence-corrected chi connectivity index (χ1v) is 7.20. The summed E-state index contributed by atoms with van der Waals surface area (Å²) in [4.78, 5) is 3.21. The summed E-state index contributed by atoms with van der Waals surface area (Å²) in [7, 11) is 3.99. The molecule has 0 atom stereocenters. The second-order valence-electron chi connectivity index (χ2n) is 4.02. The van der Waals surface area contributed by atoms with Gasteiger partial charge >= 0.3 is 0 Å². The van der Waals surface area contributed by atoms with Crippen molar-refractivity contribution in [3.8, 4) is 0 Å². The fourth-order valence-electron chi connectivity index (χ4n) is 1.71. The molecule has 0 saturated carbocycles. The molecule has 1 heterocycles. The van der Waals surface area contributed by atoms with Gasteiger partial charge in [-0.05, 0) is 53.1 Å². The first-order valence-electron chi connectivity index (χ1n) is 5.05. The summed E-state index contributed by atoms with van der Waals surface area (Å²) in [5.74, 6) is 0.702. The lowest BCUT2D eigenvalue weighted by Gasteiger charge is -2.24. The van der Waals surface area contributed by atoms with Crippen LogP contribution in [-0.2, 0) is 0 Å². The van der Waals surface area contributed by atoms with Crippen LogP contribution in [-0.4, -0.2) is 0 Å².